The lowest BCUT2D eigenvalue weighted by molar-refractivity contribution is -0.157. The maximum Gasteiger partial charge on any atom is 0.347 e. The number of hydrogen-bond donors (Lipinski definition) is 0. The molecule has 6 nitrogen and oxygen atoms in total. The number of aryl methyl sites for hydroxylation is 1. The van der Waals surface area contributed by atoms with Crippen LogP contribution in [0.25, 0.3) is 0 Å². The third-order valence-electron chi connectivity index (χ3n) is 4.94. The Morgan fingerprint density at radius 2 is 1.83 bits per heavy atom. The lowest BCUT2D eigenvalue weighted by Crippen LogP contribution is -2.50. The Hall–Kier alpha value is -2.80. The van der Waals surface area contributed by atoms with E-state index in [1.807, 2.05) is 11.8 Å². The summed E-state index contributed by atoms with van der Waals surface area (Å²) in [5.74, 6) is -0.662. The highest BCUT2D eigenvalue weighted by atomic mass is 35.5. The molecule has 8 heteroatoms. The number of anilines is 1. The number of amides is 1. The van der Waals surface area contributed by atoms with Gasteiger partial charge >= 0.3 is 5.97 Å². The molecular weight excluding hydrogens is 411 g/mol. The molecule has 1 atom stereocenters. The minimum absolute atomic E-state index is 0.281. The minimum Gasteiger partial charge on any atom is -0.479 e. The zero-order chi connectivity index (χ0) is 21.7. The van der Waals surface area contributed by atoms with E-state index < -0.39 is 12.1 Å². The summed E-state index contributed by atoms with van der Waals surface area (Å²) in [6, 6.07) is 11.7. The van der Waals surface area contributed by atoms with Crippen molar-refractivity contribution in [1.82, 2.24) is 4.90 Å². The Morgan fingerprint density at radius 3 is 2.50 bits per heavy atom. The van der Waals surface area contributed by atoms with Gasteiger partial charge in [0.25, 0.3) is 5.91 Å². The van der Waals surface area contributed by atoms with Crippen LogP contribution in [-0.4, -0.2) is 55.7 Å². The monoisotopic (exact) mass is 434 g/mol. The van der Waals surface area contributed by atoms with Gasteiger partial charge in [0.15, 0.2) is 12.7 Å². The maximum absolute atomic E-state index is 13.9. The van der Waals surface area contributed by atoms with Crippen molar-refractivity contribution in [2.75, 3.05) is 37.7 Å². The summed E-state index contributed by atoms with van der Waals surface area (Å²) in [6.07, 6.45) is -0.865. The fourth-order valence-corrected chi connectivity index (χ4v) is 3.46. The van der Waals surface area contributed by atoms with Gasteiger partial charge in [-0.2, -0.15) is 0 Å². The van der Waals surface area contributed by atoms with Crippen molar-refractivity contribution in [3.05, 3.63) is 58.9 Å². The normalized spacial score (nSPS) is 14.9. The van der Waals surface area contributed by atoms with Crippen LogP contribution in [0.15, 0.2) is 42.5 Å². The van der Waals surface area contributed by atoms with E-state index >= 15 is 0 Å². The molecule has 0 radical (unpaired) electrons. The molecule has 2 aromatic rings. The fraction of sp³-hybridized carbons (Fsp3) is 0.364. The van der Waals surface area contributed by atoms with Gasteiger partial charge in [0.1, 0.15) is 11.6 Å². The van der Waals surface area contributed by atoms with E-state index in [1.165, 1.54) is 6.07 Å². The summed E-state index contributed by atoms with van der Waals surface area (Å²) in [7, 11) is 0. The molecule has 1 fully saturated rings. The van der Waals surface area contributed by atoms with Gasteiger partial charge in [-0.05, 0) is 49.7 Å². The van der Waals surface area contributed by atoms with Gasteiger partial charge in [-0.25, -0.2) is 9.18 Å². The van der Waals surface area contributed by atoms with E-state index in [9.17, 15) is 14.0 Å². The Labute approximate surface area is 180 Å². The second kappa shape index (κ2) is 9.80. The molecule has 1 saturated heterocycles. The fourth-order valence-electron chi connectivity index (χ4n) is 3.23. The first-order valence-electron chi connectivity index (χ1n) is 9.72. The van der Waals surface area contributed by atoms with Crippen molar-refractivity contribution in [1.29, 1.82) is 0 Å². The van der Waals surface area contributed by atoms with E-state index in [4.69, 9.17) is 21.1 Å². The van der Waals surface area contributed by atoms with Gasteiger partial charge in [-0.3, -0.25) is 4.79 Å². The number of para-hydroxylation sites is 1. The average Bonchev–Trinajstić information content (AvgIpc) is 2.74. The zero-order valence-corrected chi connectivity index (χ0v) is 17.7. The molecule has 3 rings (SSSR count). The number of nitrogens with zero attached hydrogens (tertiary/aromatic N) is 2. The summed E-state index contributed by atoms with van der Waals surface area (Å²) < 4.78 is 24.7. The minimum atomic E-state index is -0.865. The number of hydrogen-bond acceptors (Lipinski definition) is 5. The Bertz CT molecular complexity index is 916. The molecule has 0 aliphatic carbocycles. The number of rotatable bonds is 6. The summed E-state index contributed by atoms with van der Waals surface area (Å²) in [6.45, 7) is 4.91. The molecule has 160 valence electrons. The van der Waals surface area contributed by atoms with E-state index in [2.05, 4.69) is 0 Å². The van der Waals surface area contributed by atoms with Crippen LogP contribution < -0.4 is 9.64 Å². The van der Waals surface area contributed by atoms with Crippen LogP contribution in [0, 0.1) is 12.7 Å². The molecule has 0 aromatic heterocycles. The molecule has 1 unspecified atom stereocenters. The van der Waals surface area contributed by atoms with Gasteiger partial charge in [-0.15, -0.1) is 0 Å². The molecule has 0 N–H and O–H groups in total. The van der Waals surface area contributed by atoms with Crippen LogP contribution in [0.2, 0.25) is 5.02 Å². The van der Waals surface area contributed by atoms with Crippen molar-refractivity contribution in [3.63, 3.8) is 0 Å². The van der Waals surface area contributed by atoms with Crippen molar-refractivity contribution in [2.45, 2.75) is 20.0 Å². The van der Waals surface area contributed by atoms with Gasteiger partial charge < -0.3 is 19.3 Å². The van der Waals surface area contributed by atoms with Crippen LogP contribution in [0.1, 0.15) is 12.5 Å². The molecule has 1 heterocycles. The number of benzene rings is 2. The SMILES string of the molecule is Cc1cc(Cl)ccc1OC(C)C(=O)OCC(=O)N1CCN(c2ccccc2F)CC1. The van der Waals surface area contributed by atoms with E-state index in [-0.39, 0.29) is 18.3 Å². The number of carbonyl (C=O) groups excluding carboxylic acids is 2. The van der Waals surface area contributed by atoms with E-state index in [1.54, 1.807) is 48.2 Å². The molecule has 30 heavy (non-hydrogen) atoms. The second-order valence-electron chi connectivity index (χ2n) is 7.10. The Morgan fingerprint density at radius 1 is 1.13 bits per heavy atom. The predicted octanol–water partition coefficient (Wildman–Crippen LogP) is 3.45. The summed E-state index contributed by atoms with van der Waals surface area (Å²) >= 11 is 5.92. The van der Waals surface area contributed by atoms with Gasteiger partial charge in [0, 0.05) is 31.2 Å². The second-order valence-corrected chi connectivity index (χ2v) is 7.53. The first kappa shape index (κ1) is 21.9. The van der Waals surface area contributed by atoms with E-state index in [0.717, 1.165) is 5.56 Å². The number of carbonyl (C=O) groups is 2. The van der Waals surface area contributed by atoms with Crippen LogP contribution in [0.5, 0.6) is 5.75 Å². The van der Waals surface area contributed by atoms with Crippen molar-refractivity contribution < 1.29 is 23.5 Å². The maximum atomic E-state index is 13.9. The summed E-state index contributed by atoms with van der Waals surface area (Å²) in [5.41, 5.74) is 1.32. The number of halogens is 2. The zero-order valence-electron chi connectivity index (χ0n) is 16.9. The largest absolute Gasteiger partial charge is 0.479 e. The lowest BCUT2D eigenvalue weighted by atomic mass is 10.2. The third kappa shape index (κ3) is 5.42. The summed E-state index contributed by atoms with van der Waals surface area (Å²) in [4.78, 5) is 28.1. The molecule has 2 aromatic carbocycles. The van der Waals surface area contributed by atoms with Crippen molar-refractivity contribution >= 4 is 29.2 Å². The van der Waals surface area contributed by atoms with Gasteiger partial charge in [0.2, 0.25) is 0 Å². The molecule has 1 aliphatic heterocycles. The van der Waals surface area contributed by atoms with Crippen LogP contribution in [0.3, 0.4) is 0 Å². The molecule has 0 spiro atoms. The van der Waals surface area contributed by atoms with Crippen LogP contribution in [0.4, 0.5) is 10.1 Å². The van der Waals surface area contributed by atoms with Crippen LogP contribution in [-0.2, 0) is 14.3 Å². The number of piperazine rings is 1. The highest BCUT2D eigenvalue weighted by Crippen LogP contribution is 2.23. The quantitative estimate of drug-likeness (QED) is 0.652. The standard InChI is InChI=1S/C22H24ClFN2O4/c1-15-13-17(23)7-8-20(15)30-16(2)22(28)29-14-21(27)26-11-9-25(10-12-26)19-6-4-3-5-18(19)24/h3-8,13,16H,9-12,14H2,1-2H3. The number of ether oxygens (including phenoxy) is 2. The highest BCUT2D eigenvalue weighted by molar-refractivity contribution is 6.30. The lowest BCUT2D eigenvalue weighted by Gasteiger charge is -2.36. The van der Waals surface area contributed by atoms with E-state index in [0.29, 0.717) is 42.6 Å². The predicted molar refractivity (Wildman–Crippen MR) is 112 cm³/mol. The van der Waals surface area contributed by atoms with Crippen molar-refractivity contribution in [3.8, 4) is 5.75 Å². The van der Waals surface area contributed by atoms with Crippen LogP contribution >= 0.6 is 11.6 Å². The topological polar surface area (TPSA) is 59.1 Å². The smallest absolute Gasteiger partial charge is 0.347 e. The average molecular weight is 435 g/mol. The first-order chi connectivity index (χ1) is 14.3. The molecular formula is C22H24ClFN2O4. The number of esters is 1. The summed E-state index contributed by atoms with van der Waals surface area (Å²) in [5, 5.41) is 0.579. The van der Waals surface area contributed by atoms with Gasteiger partial charge in [0.05, 0.1) is 5.69 Å². The van der Waals surface area contributed by atoms with Gasteiger partial charge in [-0.1, -0.05) is 23.7 Å². The Kier molecular flexibility index (Phi) is 7.15. The molecule has 0 saturated carbocycles. The first-order valence-corrected chi connectivity index (χ1v) is 10.1. The molecule has 1 amide bonds. The third-order valence-corrected chi connectivity index (χ3v) is 5.17. The molecule has 1 aliphatic rings. The van der Waals surface area contributed by atoms with Crippen molar-refractivity contribution in [2.24, 2.45) is 0 Å². The molecule has 0 bridgehead atoms. The highest BCUT2D eigenvalue weighted by Gasteiger charge is 2.25. The Balaban J connectivity index is 1.45.